The van der Waals surface area contributed by atoms with Crippen molar-refractivity contribution in [2.45, 2.75) is 39.2 Å². The van der Waals surface area contributed by atoms with Gasteiger partial charge in [-0.2, -0.15) is 0 Å². The molecule has 6 nitrogen and oxygen atoms in total. The van der Waals surface area contributed by atoms with E-state index in [1.807, 2.05) is 24.3 Å². The van der Waals surface area contributed by atoms with Gasteiger partial charge >= 0.3 is 5.97 Å². The molecule has 0 saturated carbocycles. The van der Waals surface area contributed by atoms with E-state index >= 15 is 0 Å². The maximum absolute atomic E-state index is 12.5. The summed E-state index contributed by atoms with van der Waals surface area (Å²) in [5.74, 6) is -1.11. The van der Waals surface area contributed by atoms with Gasteiger partial charge in [0.25, 0.3) is 5.91 Å². The Labute approximate surface area is 174 Å². The summed E-state index contributed by atoms with van der Waals surface area (Å²) in [7, 11) is 0. The largest absolute Gasteiger partial charge is 0.449 e. The Hall–Kier alpha value is -2.86. The lowest BCUT2D eigenvalue weighted by molar-refractivity contribution is -0.123. The maximum Gasteiger partial charge on any atom is 0.338 e. The number of benzene rings is 2. The first-order chi connectivity index (χ1) is 13.9. The Kier molecular flexibility index (Phi) is 6.54. The molecule has 0 bridgehead atoms. The summed E-state index contributed by atoms with van der Waals surface area (Å²) < 4.78 is 5.30. The molecule has 0 aliphatic carbocycles. The van der Waals surface area contributed by atoms with Crippen LogP contribution in [0.4, 0.5) is 11.4 Å². The van der Waals surface area contributed by atoms with Crippen LogP contribution in [0.1, 0.15) is 42.6 Å². The summed E-state index contributed by atoms with van der Waals surface area (Å²) in [5.41, 5.74) is 2.52. The molecule has 1 atom stereocenters. The molecule has 1 saturated heterocycles. The molecule has 0 radical (unpaired) electrons. The van der Waals surface area contributed by atoms with Crippen molar-refractivity contribution in [3.8, 4) is 0 Å². The fourth-order valence-electron chi connectivity index (χ4n) is 3.10. The molecule has 1 fully saturated rings. The molecule has 0 unspecified atom stereocenters. The van der Waals surface area contributed by atoms with E-state index in [-0.39, 0.29) is 11.5 Å². The molecule has 3 rings (SSSR count). The molecular formula is C22H23ClN2O4. The highest BCUT2D eigenvalue weighted by molar-refractivity contribution is 6.34. The van der Waals surface area contributed by atoms with Gasteiger partial charge in [-0.15, -0.1) is 0 Å². The number of ether oxygens (including phenoxy) is 1. The third kappa shape index (κ3) is 4.95. The zero-order chi connectivity index (χ0) is 21.0. The van der Waals surface area contributed by atoms with Crippen molar-refractivity contribution in [2.75, 3.05) is 16.8 Å². The number of hydrogen-bond acceptors (Lipinski definition) is 4. The van der Waals surface area contributed by atoms with Gasteiger partial charge in [-0.25, -0.2) is 4.79 Å². The number of aryl methyl sites for hydroxylation is 1. The first-order valence-electron chi connectivity index (χ1n) is 9.59. The quantitative estimate of drug-likeness (QED) is 0.718. The molecule has 2 aromatic rings. The molecule has 0 spiro atoms. The third-order valence-electron chi connectivity index (χ3n) is 4.83. The molecular weight excluding hydrogens is 392 g/mol. The standard InChI is InChI=1S/C22H23ClN2O4/c1-3-15-6-9-17(10-7-15)24-21(27)14(2)29-22(28)16-8-11-18(23)19(13-16)25-12-4-5-20(25)26/h6-11,13-14H,3-5,12H2,1-2H3,(H,24,27)/t14-/m0/s1. The van der Waals surface area contributed by atoms with Crippen molar-refractivity contribution >= 4 is 40.8 Å². The Morgan fingerprint density at radius 2 is 1.93 bits per heavy atom. The number of nitrogens with one attached hydrogen (secondary N) is 1. The minimum Gasteiger partial charge on any atom is -0.449 e. The van der Waals surface area contributed by atoms with Crippen molar-refractivity contribution in [1.82, 2.24) is 0 Å². The van der Waals surface area contributed by atoms with Crippen LogP contribution in [-0.4, -0.2) is 30.4 Å². The van der Waals surface area contributed by atoms with Crippen LogP contribution >= 0.6 is 11.6 Å². The van der Waals surface area contributed by atoms with Crippen LogP contribution in [0, 0.1) is 0 Å². The Bertz CT molecular complexity index is 927. The van der Waals surface area contributed by atoms with E-state index in [0.29, 0.717) is 29.4 Å². The minimum atomic E-state index is -0.985. The molecule has 152 valence electrons. The van der Waals surface area contributed by atoms with Crippen LogP contribution in [0.2, 0.25) is 5.02 Å². The van der Waals surface area contributed by atoms with Crippen molar-refractivity contribution in [3.63, 3.8) is 0 Å². The van der Waals surface area contributed by atoms with Crippen LogP contribution in [-0.2, 0) is 20.7 Å². The van der Waals surface area contributed by atoms with Crippen molar-refractivity contribution in [3.05, 3.63) is 58.6 Å². The molecule has 2 amide bonds. The number of hydrogen-bond donors (Lipinski definition) is 1. The van der Waals surface area contributed by atoms with E-state index < -0.39 is 18.0 Å². The summed E-state index contributed by atoms with van der Waals surface area (Å²) in [6, 6.07) is 12.1. The van der Waals surface area contributed by atoms with Gasteiger partial charge in [0.05, 0.1) is 16.3 Å². The van der Waals surface area contributed by atoms with Gasteiger partial charge < -0.3 is 15.0 Å². The second-order valence-corrected chi connectivity index (χ2v) is 7.31. The molecule has 2 aromatic carbocycles. The molecule has 1 heterocycles. The monoisotopic (exact) mass is 414 g/mol. The number of rotatable bonds is 6. The molecule has 1 N–H and O–H groups in total. The van der Waals surface area contributed by atoms with E-state index in [1.54, 1.807) is 11.0 Å². The number of nitrogens with zero attached hydrogens (tertiary/aromatic N) is 1. The average Bonchev–Trinajstić information content (AvgIpc) is 3.14. The van der Waals surface area contributed by atoms with E-state index in [1.165, 1.54) is 19.1 Å². The van der Waals surface area contributed by atoms with Gasteiger partial charge in [0, 0.05) is 18.7 Å². The van der Waals surface area contributed by atoms with Gasteiger partial charge in [-0.3, -0.25) is 9.59 Å². The molecule has 1 aliphatic rings. The van der Waals surface area contributed by atoms with E-state index in [2.05, 4.69) is 12.2 Å². The van der Waals surface area contributed by atoms with E-state index in [9.17, 15) is 14.4 Å². The highest BCUT2D eigenvalue weighted by atomic mass is 35.5. The van der Waals surface area contributed by atoms with Crippen LogP contribution in [0.5, 0.6) is 0 Å². The topological polar surface area (TPSA) is 75.7 Å². The normalized spacial score (nSPS) is 14.6. The SMILES string of the molecule is CCc1ccc(NC(=O)[C@H](C)OC(=O)c2ccc(Cl)c(N3CCCC3=O)c2)cc1. The Morgan fingerprint density at radius 1 is 1.21 bits per heavy atom. The predicted molar refractivity (Wildman–Crippen MR) is 112 cm³/mol. The van der Waals surface area contributed by atoms with Crippen molar-refractivity contribution in [2.24, 2.45) is 0 Å². The fourth-order valence-corrected chi connectivity index (χ4v) is 3.32. The van der Waals surface area contributed by atoms with Crippen LogP contribution in [0.25, 0.3) is 0 Å². The molecule has 0 aromatic heterocycles. The molecule has 1 aliphatic heterocycles. The zero-order valence-electron chi connectivity index (χ0n) is 16.4. The highest BCUT2D eigenvalue weighted by Gasteiger charge is 2.25. The molecule has 7 heteroatoms. The lowest BCUT2D eigenvalue weighted by atomic mass is 10.1. The van der Waals surface area contributed by atoms with Crippen molar-refractivity contribution < 1.29 is 19.1 Å². The van der Waals surface area contributed by atoms with Gasteiger partial charge in [-0.05, 0) is 55.7 Å². The van der Waals surface area contributed by atoms with Crippen LogP contribution in [0.15, 0.2) is 42.5 Å². The third-order valence-corrected chi connectivity index (χ3v) is 5.15. The smallest absolute Gasteiger partial charge is 0.338 e. The highest BCUT2D eigenvalue weighted by Crippen LogP contribution is 2.30. The van der Waals surface area contributed by atoms with Gasteiger partial charge in [0.1, 0.15) is 0 Å². The number of carbonyl (C=O) groups excluding carboxylic acids is 3. The molecule has 29 heavy (non-hydrogen) atoms. The maximum atomic E-state index is 12.5. The lowest BCUT2D eigenvalue weighted by Crippen LogP contribution is -2.30. The summed E-state index contributed by atoms with van der Waals surface area (Å²) in [5, 5.41) is 3.12. The first-order valence-corrected chi connectivity index (χ1v) is 9.97. The predicted octanol–water partition coefficient (Wildman–Crippen LogP) is 4.21. The number of halogens is 1. The summed E-state index contributed by atoms with van der Waals surface area (Å²) in [6.45, 7) is 4.12. The second kappa shape index (κ2) is 9.09. The fraction of sp³-hybridized carbons (Fsp3) is 0.318. The summed E-state index contributed by atoms with van der Waals surface area (Å²) >= 11 is 6.20. The van der Waals surface area contributed by atoms with E-state index in [4.69, 9.17) is 16.3 Å². The summed E-state index contributed by atoms with van der Waals surface area (Å²) in [4.78, 5) is 38.4. The van der Waals surface area contributed by atoms with Crippen molar-refractivity contribution in [1.29, 1.82) is 0 Å². The zero-order valence-corrected chi connectivity index (χ0v) is 17.2. The Morgan fingerprint density at radius 3 is 2.55 bits per heavy atom. The first kappa shape index (κ1) is 20.9. The van der Waals surface area contributed by atoms with Gasteiger partial charge in [0.2, 0.25) is 5.91 Å². The Balaban J connectivity index is 1.65. The average molecular weight is 415 g/mol. The van der Waals surface area contributed by atoms with Crippen LogP contribution < -0.4 is 10.2 Å². The number of anilines is 2. The number of carbonyl (C=O) groups is 3. The minimum absolute atomic E-state index is 0.0285. The lowest BCUT2D eigenvalue weighted by Gasteiger charge is -2.19. The summed E-state index contributed by atoms with van der Waals surface area (Å²) in [6.07, 6.45) is 1.14. The number of esters is 1. The number of amides is 2. The van der Waals surface area contributed by atoms with Gasteiger partial charge in [-0.1, -0.05) is 30.7 Å². The van der Waals surface area contributed by atoms with E-state index in [0.717, 1.165) is 18.4 Å². The van der Waals surface area contributed by atoms with Gasteiger partial charge in [0.15, 0.2) is 6.10 Å². The van der Waals surface area contributed by atoms with Crippen LogP contribution in [0.3, 0.4) is 0 Å². The second-order valence-electron chi connectivity index (χ2n) is 6.90.